The molecular weight excluding hydrogens is 182 g/mol. The third-order valence-corrected chi connectivity index (χ3v) is 1.46. The van der Waals surface area contributed by atoms with E-state index in [-0.39, 0.29) is 32.2 Å². The SMILES string of the molecule is Cl.OCCCN(CCO)CCO. The molecule has 0 saturated carbocycles. The lowest BCUT2D eigenvalue weighted by molar-refractivity contribution is 0.150. The smallest absolute Gasteiger partial charge is 0.0558 e. The average Bonchev–Trinajstić information content (AvgIpc) is 2.01. The van der Waals surface area contributed by atoms with Crippen molar-refractivity contribution in [3.8, 4) is 0 Å². The Balaban J connectivity index is 0. The molecule has 0 radical (unpaired) electrons. The molecule has 0 aliphatic heterocycles. The summed E-state index contributed by atoms with van der Waals surface area (Å²) in [5.41, 5.74) is 0. The van der Waals surface area contributed by atoms with Crippen LogP contribution in [0.1, 0.15) is 6.42 Å². The Hall–Kier alpha value is 0.130. The van der Waals surface area contributed by atoms with Gasteiger partial charge in [0.25, 0.3) is 0 Å². The molecule has 0 saturated heterocycles. The molecule has 0 spiro atoms. The van der Waals surface area contributed by atoms with Gasteiger partial charge in [0, 0.05) is 26.2 Å². The second-order valence-electron chi connectivity index (χ2n) is 2.37. The first kappa shape index (κ1) is 14.6. The van der Waals surface area contributed by atoms with Gasteiger partial charge in [0.2, 0.25) is 0 Å². The number of rotatable bonds is 7. The van der Waals surface area contributed by atoms with E-state index in [2.05, 4.69) is 0 Å². The van der Waals surface area contributed by atoms with Crippen LogP contribution in [0.3, 0.4) is 0 Å². The number of hydrogen-bond donors (Lipinski definition) is 3. The monoisotopic (exact) mass is 199 g/mol. The van der Waals surface area contributed by atoms with Gasteiger partial charge in [-0.2, -0.15) is 0 Å². The summed E-state index contributed by atoms with van der Waals surface area (Å²) in [6.45, 7) is 2.24. The quantitative estimate of drug-likeness (QED) is 0.496. The van der Waals surface area contributed by atoms with Crippen LogP contribution in [-0.4, -0.2) is 59.7 Å². The second kappa shape index (κ2) is 11.1. The van der Waals surface area contributed by atoms with Crippen molar-refractivity contribution in [2.75, 3.05) is 39.5 Å². The fraction of sp³-hybridized carbons (Fsp3) is 1.00. The van der Waals surface area contributed by atoms with E-state index >= 15 is 0 Å². The average molecular weight is 200 g/mol. The predicted molar refractivity (Wildman–Crippen MR) is 49.6 cm³/mol. The summed E-state index contributed by atoms with van der Waals surface area (Å²) in [6.07, 6.45) is 0.694. The minimum atomic E-state index is 0. The molecule has 3 N–H and O–H groups in total. The van der Waals surface area contributed by atoms with Gasteiger partial charge in [0.05, 0.1) is 13.2 Å². The van der Waals surface area contributed by atoms with E-state index in [9.17, 15) is 0 Å². The first-order chi connectivity index (χ1) is 5.35. The highest BCUT2D eigenvalue weighted by Gasteiger charge is 2.01. The molecule has 0 bridgehead atoms. The van der Waals surface area contributed by atoms with Crippen molar-refractivity contribution in [1.29, 1.82) is 0 Å². The summed E-state index contributed by atoms with van der Waals surface area (Å²) in [4.78, 5) is 1.91. The number of aliphatic hydroxyl groups excluding tert-OH is 3. The third kappa shape index (κ3) is 8.23. The van der Waals surface area contributed by atoms with Crippen LogP contribution in [-0.2, 0) is 0 Å². The van der Waals surface area contributed by atoms with Crippen LogP contribution in [0.2, 0.25) is 0 Å². The molecule has 12 heavy (non-hydrogen) atoms. The Morgan fingerprint density at radius 2 is 1.25 bits per heavy atom. The van der Waals surface area contributed by atoms with E-state index in [1.54, 1.807) is 0 Å². The van der Waals surface area contributed by atoms with Crippen molar-refractivity contribution in [2.24, 2.45) is 0 Å². The highest BCUT2D eigenvalue weighted by molar-refractivity contribution is 5.85. The van der Waals surface area contributed by atoms with Crippen molar-refractivity contribution in [3.05, 3.63) is 0 Å². The highest BCUT2D eigenvalue weighted by Crippen LogP contribution is 1.89. The molecule has 0 aliphatic carbocycles. The van der Waals surface area contributed by atoms with Crippen LogP contribution >= 0.6 is 12.4 Å². The van der Waals surface area contributed by atoms with Crippen molar-refractivity contribution in [3.63, 3.8) is 0 Å². The molecule has 0 aromatic carbocycles. The lowest BCUT2D eigenvalue weighted by Gasteiger charge is -2.18. The maximum Gasteiger partial charge on any atom is 0.0558 e. The lowest BCUT2D eigenvalue weighted by Crippen LogP contribution is -2.31. The van der Waals surface area contributed by atoms with E-state index < -0.39 is 0 Å². The number of hydrogen-bond acceptors (Lipinski definition) is 4. The topological polar surface area (TPSA) is 63.9 Å². The second-order valence-corrected chi connectivity index (χ2v) is 2.37. The van der Waals surface area contributed by atoms with Gasteiger partial charge in [-0.25, -0.2) is 0 Å². The molecule has 0 atom stereocenters. The Morgan fingerprint density at radius 1 is 0.750 bits per heavy atom. The molecule has 0 aromatic heterocycles. The standard InChI is InChI=1S/C7H17NO3.ClH/c9-5-1-2-8(3-6-10)4-7-11;/h9-11H,1-7H2;1H. The van der Waals surface area contributed by atoms with E-state index in [0.717, 1.165) is 6.54 Å². The first-order valence-electron chi connectivity index (χ1n) is 3.90. The predicted octanol–water partition coefficient (Wildman–Crippen LogP) is -0.923. The van der Waals surface area contributed by atoms with Gasteiger partial charge in [0.1, 0.15) is 0 Å². The zero-order valence-electron chi connectivity index (χ0n) is 7.15. The van der Waals surface area contributed by atoms with Crippen LogP contribution in [0.25, 0.3) is 0 Å². The minimum Gasteiger partial charge on any atom is -0.396 e. The number of halogens is 1. The molecule has 76 valence electrons. The maximum absolute atomic E-state index is 8.58. The zero-order valence-corrected chi connectivity index (χ0v) is 7.96. The van der Waals surface area contributed by atoms with Gasteiger partial charge in [-0.15, -0.1) is 12.4 Å². The summed E-state index contributed by atoms with van der Waals surface area (Å²) < 4.78 is 0. The largest absolute Gasteiger partial charge is 0.396 e. The number of nitrogens with zero attached hydrogens (tertiary/aromatic N) is 1. The van der Waals surface area contributed by atoms with Crippen molar-refractivity contribution in [2.45, 2.75) is 6.42 Å². The van der Waals surface area contributed by atoms with Crippen LogP contribution in [0.4, 0.5) is 0 Å². The molecular formula is C7H18ClNO3. The molecule has 0 fully saturated rings. The Kier molecular flexibility index (Phi) is 13.6. The Bertz CT molecular complexity index is 79.1. The lowest BCUT2D eigenvalue weighted by atomic mass is 10.4. The van der Waals surface area contributed by atoms with Crippen LogP contribution in [0.15, 0.2) is 0 Å². The van der Waals surface area contributed by atoms with E-state index in [1.165, 1.54) is 0 Å². The molecule has 5 heteroatoms. The molecule has 0 rings (SSSR count). The van der Waals surface area contributed by atoms with Crippen molar-refractivity contribution < 1.29 is 15.3 Å². The maximum atomic E-state index is 8.58. The zero-order chi connectivity index (χ0) is 8.53. The Morgan fingerprint density at radius 3 is 1.58 bits per heavy atom. The van der Waals surface area contributed by atoms with Crippen LogP contribution in [0.5, 0.6) is 0 Å². The molecule has 4 nitrogen and oxygen atoms in total. The van der Waals surface area contributed by atoms with E-state index in [1.807, 2.05) is 4.90 Å². The summed E-state index contributed by atoms with van der Waals surface area (Å²) >= 11 is 0. The molecule has 0 unspecified atom stereocenters. The number of aliphatic hydroxyl groups is 3. The summed E-state index contributed by atoms with van der Waals surface area (Å²) in [6, 6.07) is 0. The van der Waals surface area contributed by atoms with E-state index in [0.29, 0.717) is 19.5 Å². The van der Waals surface area contributed by atoms with Gasteiger partial charge >= 0.3 is 0 Å². The van der Waals surface area contributed by atoms with Crippen molar-refractivity contribution >= 4 is 12.4 Å². The van der Waals surface area contributed by atoms with Gasteiger partial charge in [-0.1, -0.05) is 0 Å². The molecule has 0 heterocycles. The Labute approximate surface area is 79.2 Å². The van der Waals surface area contributed by atoms with Crippen molar-refractivity contribution in [1.82, 2.24) is 4.90 Å². The molecule has 0 amide bonds. The van der Waals surface area contributed by atoms with Gasteiger partial charge in [-0.3, -0.25) is 4.90 Å². The summed E-state index contributed by atoms with van der Waals surface area (Å²) in [5.74, 6) is 0. The van der Waals surface area contributed by atoms with Crippen LogP contribution < -0.4 is 0 Å². The van der Waals surface area contributed by atoms with Gasteiger partial charge in [-0.05, 0) is 6.42 Å². The summed E-state index contributed by atoms with van der Waals surface area (Å²) in [5, 5.41) is 25.7. The normalized spacial score (nSPS) is 10.0. The summed E-state index contributed by atoms with van der Waals surface area (Å²) in [7, 11) is 0. The fourth-order valence-electron chi connectivity index (χ4n) is 0.913. The van der Waals surface area contributed by atoms with Gasteiger partial charge < -0.3 is 15.3 Å². The van der Waals surface area contributed by atoms with E-state index in [4.69, 9.17) is 15.3 Å². The third-order valence-electron chi connectivity index (χ3n) is 1.46. The first-order valence-corrected chi connectivity index (χ1v) is 3.90. The minimum absolute atomic E-state index is 0. The molecule has 0 aliphatic rings. The molecule has 0 aromatic rings. The highest BCUT2D eigenvalue weighted by atomic mass is 35.5. The van der Waals surface area contributed by atoms with Gasteiger partial charge in [0.15, 0.2) is 0 Å². The van der Waals surface area contributed by atoms with Crippen LogP contribution in [0, 0.1) is 0 Å². The fourth-order valence-corrected chi connectivity index (χ4v) is 0.913.